The second kappa shape index (κ2) is 8.33. The van der Waals surface area contributed by atoms with Gasteiger partial charge in [0.1, 0.15) is 0 Å². The predicted molar refractivity (Wildman–Crippen MR) is 91.8 cm³/mol. The van der Waals surface area contributed by atoms with Crippen LogP contribution in [-0.4, -0.2) is 50.4 Å². The molecule has 4 rings (SSSR count). The van der Waals surface area contributed by atoms with E-state index in [1.54, 1.807) is 0 Å². The molecule has 152 valence electrons. The van der Waals surface area contributed by atoms with Crippen LogP contribution in [0.15, 0.2) is 0 Å². The van der Waals surface area contributed by atoms with Gasteiger partial charge >= 0.3 is 6.18 Å². The van der Waals surface area contributed by atoms with Gasteiger partial charge in [-0.1, -0.05) is 0 Å². The molecule has 4 fully saturated rings. The summed E-state index contributed by atoms with van der Waals surface area (Å²) in [5, 5.41) is 0. The number of hydrogen-bond donors (Lipinski definition) is 1. The molecule has 2 atom stereocenters. The van der Waals surface area contributed by atoms with Gasteiger partial charge in [0, 0.05) is 5.41 Å². The molecular formula is C19H32F3NO3. The van der Waals surface area contributed by atoms with Crippen molar-refractivity contribution in [3.8, 4) is 0 Å². The van der Waals surface area contributed by atoms with Gasteiger partial charge in [-0.05, 0) is 58.3 Å². The van der Waals surface area contributed by atoms with Crippen LogP contribution in [0.3, 0.4) is 0 Å². The molecule has 4 nitrogen and oxygen atoms in total. The van der Waals surface area contributed by atoms with Gasteiger partial charge < -0.3 is 19.9 Å². The van der Waals surface area contributed by atoms with Gasteiger partial charge in [0.05, 0.1) is 50.1 Å². The summed E-state index contributed by atoms with van der Waals surface area (Å²) in [7, 11) is 0. The van der Waals surface area contributed by atoms with Crippen LogP contribution in [0.5, 0.6) is 0 Å². The minimum atomic E-state index is -4.08. The minimum absolute atomic E-state index is 0.118. The molecule has 0 spiro atoms. The van der Waals surface area contributed by atoms with Gasteiger partial charge in [0.15, 0.2) is 0 Å². The minimum Gasteiger partial charge on any atom is -0.378 e. The summed E-state index contributed by atoms with van der Waals surface area (Å²) in [5.74, 6) is -1.18. The van der Waals surface area contributed by atoms with E-state index < -0.39 is 12.1 Å². The smallest absolute Gasteiger partial charge is 0.378 e. The molecule has 2 bridgehead atoms. The fraction of sp³-hybridized carbons (Fsp3) is 1.00. The maximum absolute atomic E-state index is 12.7. The van der Waals surface area contributed by atoms with Crippen molar-refractivity contribution in [3.63, 3.8) is 0 Å². The van der Waals surface area contributed by atoms with Gasteiger partial charge in [-0.15, -0.1) is 0 Å². The van der Waals surface area contributed by atoms with E-state index in [0.29, 0.717) is 32.2 Å². The summed E-state index contributed by atoms with van der Waals surface area (Å²) < 4.78 is 55.7. The summed E-state index contributed by atoms with van der Waals surface area (Å²) in [6.45, 7) is 3.71. The summed E-state index contributed by atoms with van der Waals surface area (Å²) in [6.07, 6.45) is 1.85. The highest BCUT2D eigenvalue weighted by atomic mass is 19.4. The third-order valence-electron chi connectivity index (χ3n) is 6.54. The lowest BCUT2D eigenvalue weighted by atomic mass is 9.72. The quantitative estimate of drug-likeness (QED) is 0.731. The Balaban J connectivity index is 1.34. The molecule has 0 unspecified atom stereocenters. The highest BCUT2D eigenvalue weighted by Gasteiger charge is 2.43. The highest BCUT2D eigenvalue weighted by molar-refractivity contribution is 4.91. The topological polar surface area (TPSA) is 53.7 Å². The number of rotatable bonds is 7. The van der Waals surface area contributed by atoms with Crippen LogP contribution in [0, 0.1) is 11.3 Å². The molecule has 0 aromatic rings. The van der Waals surface area contributed by atoms with E-state index in [2.05, 4.69) is 0 Å². The Morgan fingerprint density at radius 3 is 2.31 bits per heavy atom. The first-order valence-corrected chi connectivity index (χ1v) is 9.94. The van der Waals surface area contributed by atoms with Gasteiger partial charge in [-0.2, -0.15) is 13.2 Å². The van der Waals surface area contributed by atoms with Gasteiger partial charge in [0.2, 0.25) is 0 Å². The second-order valence-electron chi connectivity index (χ2n) is 8.54. The lowest BCUT2D eigenvalue weighted by molar-refractivity contribution is -0.188. The van der Waals surface area contributed by atoms with E-state index in [0.717, 1.165) is 32.3 Å². The lowest BCUT2D eigenvalue weighted by Gasteiger charge is -2.46. The average molecular weight is 379 g/mol. The maximum atomic E-state index is 12.7. The summed E-state index contributed by atoms with van der Waals surface area (Å²) in [4.78, 5) is 0. The largest absolute Gasteiger partial charge is 0.391 e. The SMILES string of the molecule is C[C@H](OCC12CCC(CC1)OC2)[C@@H](N)COC1CCC(C(F)(F)F)CC1. The molecule has 2 aliphatic carbocycles. The molecule has 4 aliphatic rings. The van der Waals surface area contributed by atoms with Crippen LogP contribution in [-0.2, 0) is 14.2 Å². The Kier molecular flexibility index (Phi) is 6.53. The molecule has 0 radical (unpaired) electrons. The first kappa shape index (κ1) is 20.4. The van der Waals surface area contributed by atoms with Gasteiger partial charge in [0.25, 0.3) is 0 Å². The first-order chi connectivity index (χ1) is 12.3. The van der Waals surface area contributed by atoms with Crippen LogP contribution in [0.1, 0.15) is 58.3 Å². The first-order valence-electron chi connectivity index (χ1n) is 9.94. The third-order valence-corrected chi connectivity index (χ3v) is 6.54. The average Bonchev–Trinajstić information content (AvgIpc) is 2.65. The Hall–Kier alpha value is -0.370. The second-order valence-corrected chi connectivity index (χ2v) is 8.54. The Morgan fingerprint density at radius 2 is 1.77 bits per heavy atom. The zero-order chi connectivity index (χ0) is 18.8. The third kappa shape index (κ3) is 5.12. The van der Waals surface area contributed by atoms with Crippen LogP contribution in [0.2, 0.25) is 0 Å². The summed E-state index contributed by atoms with van der Waals surface area (Å²) in [5.41, 5.74) is 6.32. The molecular weight excluding hydrogens is 347 g/mol. The van der Waals surface area contributed by atoms with Crippen molar-refractivity contribution in [1.29, 1.82) is 0 Å². The predicted octanol–water partition coefficient (Wildman–Crippen LogP) is 3.82. The monoisotopic (exact) mass is 379 g/mol. The Bertz CT molecular complexity index is 430. The zero-order valence-electron chi connectivity index (χ0n) is 15.6. The van der Waals surface area contributed by atoms with E-state index in [1.807, 2.05) is 6.92 Å². The number of halogens is 3. The van der Waals surface area contributed by atoms with Crippen molar-refractivity contribution in [3.05, 3.63) is 0 Å². The number of alkyl halides is 3. The van der Waals surface area contributed by atoms with Crippen molar-refractivity contribution >= 4 is 0 Å². The van der Waals surface area contributed by atoms with E-state index in [1.165, 1.54) is 0 Å². The number of hydrogen-bond acceptors (Lipinski definition) is 4. The Labute approximate surface area is 153 Å². The number of nitrogens with two attached hydrogens (primary N) is 1. The molecule has 2 saturated heterocycles. The van der Waals surface area contributed by atoms with E-state index in [9.17, 15) is 13.2 Å². The molecule has 7 heteroatoms. The van der Waals surface area contributed by atoms with Crippen molar-refractivity contribution in [1.82, 2.24) is 0 Å². The normalized spacial score (nSPS) is 37.5. The maximum Gasteiger partial charge on any atom is 0.391 e. The number of fused-ring (bicyclic) bond motifs is 3. The van der Waals surface area contributed by atoms with Crippen molar-refractivity contribution in [2.75, 3.05) is 19.8 Å². The summed E-state index contributed by atoms with van der Waals surface area (Å²) in [6, 6.07) is -0.271. The lowest BCUT2D eigenvalue weighted by Crippen LogP contribution is -2.47. The zero-order valence-corrected chi connectivity index (χ0v) is 15.6. The molecule has 26 heavy (non-hydrogen) atoms. The van der Waals surface area contributed by atoms with E-state index in [-0.39, 0.29) is 36.5 Å². The van der Waals surface area contributed by atoms with Crippen molar-refractivity contribution in [2.45, 2.75) is 88.8 Å². The molecule has 2 saturated carbocycles. The summed E-state index contributed by atoms with van der Waals surface area (Å²) >= 11 is 0. The van der Waals surface area contributed by atoms with E-state index in [4.69, 9.17) is 19.9 Å². The van der Waals surface area contributed by atoms with Gasteiger partial charge in [-0.3, -0.25) is 0 Å². The fourth-order valence-corrected chi connectivity index (χ4v) is 4.37. The van der Waals surface area contributed by atoms with Crippen LogP contribution in [0.4, 0.5) is 13.2 Å². The fourth-order valence-electron chi connectivity index (χ4n) is 4.37. The van der Waals surface area contributed by atoms with Crippen LogP contribution >= 0.6 is 0 Å². The van der Waals surface area contributed by atoms with Crippen LogP contribution < -0.4 is 5.73 Å². The molecule has 0 aromatic carbocycles. The van der Waals surface area contributed by atoms with Gasteiger partial charge in [-0.25, -0.2) is 0 Å². The van der Waals surface area contributed by atoms with Crippen LogP contribution in [0.25, 0.3) is 0 Å². The van der Waals surface area contributed by atoms with Crippen molar-refractivity contribution < 1.29 is 27.4 Å². The van der Waals surface area contributed by atoms with E-state index >= 15 is 0 Å². The number of ether oxygens (including phenoxy) is 3. The molecule has 0 amide bonds. The molecule has 2 N–H and O–H groups in total. The highest BCUT2D eigenvalue weighted by Crippen LogP contribution is 2.43. The standard InChI is InChI=1S/C19H32F3NO3/c1-13(25-11-18-8-6-16(7-9-18)26-12-18)17(23)10-24-15-4-2-14(3-5-15)19(20,21)22/h13-17H,2-12,23H2,1H3/t13-,14?,15?,16?,17-,18?/m0/s1. The molecule has 2 aliphatic heterocycles. The Morgan fingerprint density at radius 1 is 1.12 bits per heavy atom. The van der Waals surface area contributed by atoms with Crippen molar-refractivity contribution in [2.24, 2.45) is 17.1 Å². The molecule has 0 aromatic heterocycles. The molecule has 2 heterocycles.